The lowest BCUT2D eigenvalue weighted by molar-refractivity contribution is -0.104. The number of aliphatic hydroxyl groups is 1. The summed E-state index contributed by atoms with van der Waals surface area (Å²) in [6.07, 6.45) is 4.38. The lowest BCUT2D eigenvalue weighted by Crippen LogP contribution is -2.06. The first-order valence-electron chi connectivity index (χ1n) is 5.56. The monoisotopic (exact) mass is 218 g/mol. The topological polar surface area (TPSA) is 37.3 Å². The minimum Gasteiger partial charge on any atom is -0.393 e. The van der Waals surface area contributed by atoms with Crippen LogP contribution in [0, 0.1) is 0 Å². The Labute approximate surface area is 96.6 Å². The van der Waals surface area contributed by atoms with Crippen molar-refractivity contribution < 1.29 is 9.90 Å². The molecule has 0 fully saturated rings. The molecule has 0 saturated heterocycles. The fraction of sp³-hybridized carbons (Fsp3) is 0.357. The van der Waals surface area contributed by atoms with Crippen LogP contribution in [0.2, 0.25) is 0 Å². The highest BCUT2D eigenvalue weighted by Crippen LogP contribution is 2.08. The molecular weight excluding hydrogens is 200 g/mol. The van der Waals surface area contributed by atoms with Gasteiger partial charge in [0.25, 0.3) is 0 Å². The SMILES string of the molecule is C/C(C=O)=C\C[C@H](O)CCc1ccccc1. The smallest absolute Gasteiger partial charge is 0.145 e. The zero-order valence-electron chi connectivity index (χ0n) is 9.60. The molecule has 16 heavy (non-hydrogen) atoms. The van der Waals surface area contributed by atoms with Crippen molar-refractivity contribution >= 4 is 6.29 Å². The maximum atomic E-state index is 10.3. The minimum atomic E-state index is -0.366. The molecule has 2 heteroatoms. The number of carbonyl (C=O) groups is 1. The quantitative estimate of drug-likeness (QED) is 0.588. The molecule has 0 heterocycles. The second kappa shape index (κ2) is 6.96. The summed E-state index contributed by atoms with van der Waals surface area (Å²) < 4.78 is 0. The van der Waals surface area contributed by atoms with Crippen molar-refractivity contribution in [3.05, 3.63) is 47.5 Å². The Morgan fingerprint density at radius 3 is 2.69 bits per heavy atom. The third-order valence-corrected chi connectivity index (χ3v) is 2.51. The fourth-order valence-electron chi connectivity index (χ4n) is 1.47. The molecule has 0 aliphatic carbocycles. The first kappa shape index (κ1) is 12.7. The Morgan fingerprint density at radius 2 is 2.06 bits per heavy atom. The van der Waals surface area contributed by atoms with Gasteiger partial charge in [0.1, 0.15) is 6.29 Å². The number of carbonyl (C=O) groups excluding carboxylic acids is 1. The van der Waals surface area contributed by atoms with Gasteiger partial charge in [0.2, 0.25) is 0 Å². The van der Waals surface area contributed by atoms with E-state index in [2.05, 4.69) is 12.1 Å². The van der Waals surface area contributed by atoms with Crippen LogP contribution in [0.4, 0.5) is 0 Å². The Balaban J connectivity index is 2.30. The molecule has 1 atom stereocenters. The van der Waals surface area contributed by atoms with Gasteiger partial charge < -0.3 is 5.11 Å². The Hall–Kier alpha value is -1.41. The van der Waals surface area contributed by atoms with Gasteiger partial charge in [-0.15, -0.1) is 0 Å². The van der Waals surface area contributed by atoms with Crippen molar-refractivity contribution in [2.24, 2.45) is 0 Å². The zero-order valence-corrected chi connectivity index (χ0v) is 9.60. The summed E-state index contributed by atoms with van der Waals surface area (Å²) >= 11 is 0. The third-order valence-electron chi connectivity index (χ3n) is 2.51. The first-order chi connectivity index (χ1) is 7.72. The summed E-state index contributed by atoms with van der Waals surface area (Å²) in [5, 5.41) is 9.69. The van der Waals surface area contributed by atoms with Crippen molar-refractivity contribution in [1.82, 2.24) is 0 Å². The zero-order chi connectivity index (χ0) is 11.8. The van der Waals surface area contributed by atoms with Crippen LogP contribution >= 0.6 is 0 Å². The molecule has 1 N–H and O–H groups in total. The molecule has 2 nitrogen and oxygen atoms in total. The summed E-state index contributed by atoms with van der Waals surface area (Å²) in [4.78, 5) is 10.3. The van der Waals surface area contributed by atoms with Gasteiger partial charge in [0.05, 0.1) is 6.10 Å². The molecule has 0 amide bonds. The molecule has 0 radical (unpaired) electrons. The number of aliphatic hydroxyl groups excluding tert-OH is 1. The lowest BCUT2D eigenvalue weighted by Gasteiger charge is -2.07. The van der Waals surface area contributed by atoms with Gasteiger partial charge in [-0.3, -0.25) is 4.79 Å². The van der Waals surface area contributed by atoms with Gasteiger partial charge in [0, 0.05) is 0 Å². The van der Waals surface area contributed by atoms with Crippen LogP contribution in [-0.2, 0) is 11.2 Å². The van der Waals surface area contributed by atoms with Crippen LogP contribution in [0.25, 0.3) is 0 Å². The molecule has 0 aliphatic rings. The predicted octanol–water partition coefficient (Wildman–Crippen LogP) is 2.52. The number of benzene rings is 1. The maximum Gasteiger partial charge on any atom is 0.145 e. The molecule has 1 aromatic rings. The van der Waals surface area contributed by atoms with Gasteiger partial charge in [-0.25, -0.2) is 0 Å². The van der Waals surface area contributed by atoms with Gasteiger partial charge in [0.15, 0.2) is 0 Å². The van der Waals surface area contributed by atoms with Gasteiger partial charge in [-0.1, -0.05) is 36.4 Å². The van der Waals surface area contributed by atoms with E-state index in [0.29, 0.717) is 12.0 Å². The van der Waals surface area contributed by atoms with Gasteiger partial charge >= 0.3 is 0 Å². The van der Waals surface area contributed by atoms with Crippen LogP contribution < -0.4 is 0 Å². The van der Waals surface area contributed by atoms with Crippen molar-refractivity contribution in [3.63, 3.8) is 0 Å². The predicted molar refractivity (Wildman–Crippen MR) is 65.2 cm³/mol. The lowest BCUT2D eigenvalue weighted by atomic mass is 10.0. The van der Waals surface area contributed by atoms with E-state index in [9.17, 15) is 9.90 Å². The number of aryl methyl sites for hydroxylation is 1. The van der Waals surface area contributed by atoms with Crippen LogP contribution in [0.1, 0.15) is 25.3 Å². The van der Waals surface area contributed by atoms with Crippen LogP contribution in [0.3, 0.4) is 0 Å². The van der Waals surface area contributed by atoms with Crippen LogP contribution in [-0.4, -0.2) is 17.5 Å². The average Bonchev–Trinajstić information content (AvgIpc) is 2.34. The number of hydrogen-bond donors (Lipinski definition) is 1. The van der Waals surface area contributed by atoms with Crippen molar-refractivity contribution in [2.45, 2.75) is 32.3 Å². The summed E-state index contributed by atoms with van der Waals surface area (Å²) in [6, 6.07) is 10.1. The van der Waals surface area contributed by atoms with Crippen molar-refractivity contribution in [1.29, 1.82) is 0 Å². The van der Waals surface area contributed by atoms with E-state index in [4.69, 9.17) is 0 Å². The summed E-state index contributed by atoms with van der Waals surface area (Å²) in [5.74, 6) is 0. The van der Waals surface area contributed by atoms with Gasteiger partial charge in [-0.2, -0.15) is 0 Å². The molecule has 0 aromatic heterocycles. The second-order valence-corrected chi connectivity index (χ2v) is 3.98. The third kappa shape index (κ3) is 4.89. The van der Waals surface area contributed by atoms with E-state index in [-0.39, 0.29) is 6.10 Å². The normalized spacial score (nSPS) is 13.5. The van der Waals surface area contributed by atoms with Crippen molar-refractivity contribution in [3.8, 4) is 0 Å². The summed E-state index contributed by atoms with van der Waals surface area (Å²) in [7, 11) is 0. The molecule has 1 aromatic carbocycles. The van der Waals surface area contributed by atoms with E-state index in [1.807, 2.05) is 18.2 Å². The average molecular weight is 218 g/mol. The summed E-state index contributed by atoms with van der Waals surface area (Å²) in [6.45, 7) is 1.75. The van der Waals surface area contributed by atoms with E-state index < -0.39 is 0 Å². The summed E-state index contributed by atoms with van der Waals surface area (Å²) in [5.41, 5.74) is 1.91. The Kier molecular flexibility index (Phi) is 5.51. The molecule has 0 unspecified atom stereocenters. The van der Waals surface area contributed by atoms with Gasteiger partial charge in [-0.05, 0) is 37.3 Å². The highest BCUT2D eigenvalue weighted by Gasteiger charge is 2.02. The minimum absolute atomic E-state index is 0.366. The highest BCUT2D eigenvalue weighted by molar-refractivity contribution is 5.71. The highest BCUT2D eigenvalue weighted by atomic mass is 16.3. The Bertz CT molecular complexity index is 341. The van der Waals surface area contributed by atoms with E-state index in [1.165, 1.54) is 5.56 Å². The molecule has 0 aliphatic heterocycles. The first-order valence-corrected chi connectivity index (χ1v) is 5.56. The largest absolute Gasteiger partial charge is 0.393 e. The van der Waals surface area contributed by atoms with E-state index >= 15 is 0 Å². The second-order valence-electron chi connectivity index (χ2n) is 3.98. The Morgan fingerprint density at radius 1 is 1.38 bits per heavy atom. The van der Waals surface area contributed by atoms with E-state index in [1.54, 1.807) is 13.0 Å². The molecule has 1 rings (SSSR count). The standard InChI is InChI=1S/C14H18O2/c1-12(11-15)7-9-14(16)10-8-13-5-3-2-4-6-13/h2-7,11,14,16H,8-10H2,1H3/b12-7+/t14-/m0/s1. The maximum absolute atomic E-state index is 10.3. The molecular formula is C14H18O2. The molecule has 0 bridgehead atoms. The van der Waals surface area contributed by atoms with Crippen LogP contribution in [0.15, 0.2) is 42.0 Å². The number of hydrogen-bond acceptors (Lipinski definition) is 2. The van der Waals surface area contributed by atoms with Crippen molar-refractivity contribution in [2.75, 3.05) is 0 Å². The molecule has 86 valence electrons. The molecule has 0 saturated carbocycles. The number of allylic oxidation sites excluding steroid dienone is 1. The number of aldehydes is 1. The van der Waals surface area contributed by atoms with E-state index in [0.717, 1.165) is 19.1 Å². The number of rotatable bonds is 6. The van der Waals surface area contributed by atoms with Crippen LogP contribution in [0.5, 0.6) is 0 Å². The molecule has 0 spiro atoms. The fourth-order valence-corrected chi connectivity index (χ4v) is 1.47.